The maximum absolute atomic E-state index is 12.3. The molecule has 1 aromatic carbocycles. The Labute approximate surface area is 126 Å². The van der Waals surface area contributed by atoms with Gasteiger partial charge in [-0.05, 0) is 37.4 Å². The predicted octanol–water partition coefficient (Wildman–Crippen LogP) is 2.22. The number of amides is 1. The largest absolute Gasteiger partial charge is 0.477 e. The topological polar surface area (TPSA) is 50.4 Å². The van der Waals surface area contributed by atoms with Crippen molar-refractivity contribution >= 4 is 17.5 Å². The first-order valence-corrected chi connectivity index (χ1v) is 7.11. The van der Waals surface area contributed by atoms with Crippen LogP contribution in [0.4, 0.5) is 8.78 Å². The van der Waals surface area contributed by atoms with E-state index >= 15 is 0 Å². The average Bonchev–Trinajstić information content (AvgIpc) is 2.48. The molecular formula is C14H17ClF2N2O2. The third-order valence-corrected chi connectivity index (χ3v) is 3.62. The molecule has 0 aromatic heterocycles. The highest BCUT2D eigenvalue weighted by Crippen LogP contribution is 2.28. The normalized spacial score (nSPS) is 17.5. The molecule has 1 fully saturated rings. The van der Waals surface area contributed by atoms with Crippen LogP contribution in [0.2, 0.25) is 5.02 Å². The summed E-state index contributed by atoms with van der Waals surface area (Å²) in [6.45, 7) is 0.517. The Kier molecular flexibility index (Phi) is 5.36. The summed E-state index contributed by atoms with van der Waals surface area (Å²) in [5.74, 6) is -0.00672. The van der Waals surface area contributed by atoms with E-state index in [0.717, 1.165) is 0 Å². The van der Waals surface area contributed by atoms with Gasteiger partial charge in [-0.15, -0.1) is 0 Å². The van der Waals surface area contributed by atoms with Gasteiger partial charge in [-0.1, -0.05) is 11.6 Å². The fourth-order valence-corrected chi connectivity index (χ4v) is 2.39. The van der Waals surface area contributed by atoms with Gasteiger partial charge in [-0.25, -0.2) is 8.78 Å². The fraction of sp³-hybridized carbons (Fsp3) is 0.500. The third-order valence-electron chi connectivity index (χ3n) is 3.37. The number of nitrogens with one attached hydrogen (secondary N) is 2. The summed E-state index contributed by atoms with van der Waals surface area (Å²) in [5, 5.41) is 5.94. The van der Waals surface area contributed by atoms with Crippen molar-refractivity contribution in [2.45, 2.75) is 24.9 Å². The minimum absolute atomic E-state index is 0.421. The molecule has 4 nitrogen and oxygen atoms in total. The number of carbonyl (C=O) groups excluding carboxylic acids is 1. The molecule has 21 heavy (non-hydrogen) atoms. The van der Waals surface area contributed by atoms with Crippen LogP contribution in [-0.2, 0) is 4.79 Å². The molecule has 2 N–H and O–H groups in total. The van der Waals surface area contributed by atoms with Gasteiger partial charge in [0, 0.05) is 17.9 Å². The molecule has 1 amide bonds. The lowest BCUT2D eigenvalue weighted by atomic mass is 9.91. The zero-order valence-electron chi connectivity index (χ0n) is 11.4. The van der Waals surface area contributed by atoms with E-state index in [4.69, 9.17) is 16.3 Å². The Balaban J connectivity index is 2.12. The van der Waals surface area contributed by atoms with Crippen molar-refractivity contribution in [3.63, 3.8) is 0 Å². The molecular weight excluding hydrogens is 302 g/mol. The van der Waals surface area contributed by atoms with Gasteiger partial charge in [0.15, 0.2) is 5.60 Å². The quantitative estimate of drug-likeness (QED) is 0.875. The number of piperidine rings is 1. The van der Waals surface area contributed by atoms with Crippen molar-refractivity contribution in [3.05, 3.63) is 29.3 Å². The van der Waals surface area contributed by atoms with E-state index in [2.05, 4.69) is 10.6 Å². The lowest BCUT2D eigenvalue weighted by molar-refractivity contribution is -0.139. The highest BCUT2D eigenvalue weighted by Gasteiger charge is 2.42. The molecule has 7 heteroatoms. The average molecular weight is 319 g/mol. The molecule has 0 spiro atoms. The number of rotatable bonds is 5. The number of alkyl halides is 2. The van der Waals surface area contributed by atoms with Gasteiger partial charge >= 0.3 is 0 Å². The first-order valence-electron chi connectivity index (χ1n) is 6.74. The summed E-state index contributed by atoms with van der Waals surface area (Å²) in [7, 11) is 0. The predicted molar refractivity (Wildman–Crippen MR) is 75.9 cm³/mol. The van der Waals surface area contributed by atoms with Gasteiger partial charge in [0.05, 0.1) is 6.54 Å². The van der Waals surface area contributed by atoms with Crippen LogP contribution >= 0.6 is 11.6 Å². The lowest BCUT2D eigenvalue weighted by Gasteiger charge is -2.36. The molecule has 1 aromatic rings. The summed E-state index contributed by atoms with van der Waals surface area (Å²) in [4.78, 5) is 12.3. The molecule has 0 atom stereocenters. The van der Waals surface area contributed by atoms with E-state index in [-0.39, 0.29) is 0 Å². The Morgan fingerprint density at radius 3 is 2.52 bits per heavy atom. The van der Waals surface area contributed by atoms with Gasteiger partial charge in [-0.2, -0.15) is 0 Å². The zero-order chi connectivity index (χ0) is 15.3. The smallest absolute Gasteiger partial charge is 0.264 e. The summed E-state index contributed by atoms with van der Waals surface area (Å²) in [5.41, 5.74) is -1.12. The molecule has 1 saturated heterocycles. The monoisotopic (exact) mass is 318 g/mol. The van der Waals surface area contributed by atoms with Crippen molar-refractivity contribution in [2.24, 2.45) is 0 Å². The van der Waals surface area contributed by atoms with Crippen LogP contribution in [0.25, 0.3) is 0 Å². The van der Waals surface area contributed by atoms with E-state index in [1.165, 1.54) is 0 Å². The SMILES string of the molecule is O=C(NCC(F)F)C1(Oc2ccc(Cl)cc2)CCNCC1. The van der Waals surface area contributed by atoms with Crippen molar-refractivity contribution in [3.8, 4) is 5.75 Å². The second-order valence-electron chi connectivity index (χ2n) is 4.90. The molecule has 0 aliphatic carbocycles. The van der Waals surface area contributed by atoms with Crippen molar-refractivity contribution < 1.29 is 18.3 Å². The van der Waals surface area contributed by atoms with Crippen LogP contribution < -0.4 is 15.4 Å². The summed E-state index contributed by atoms with van der Waals surface area (Å²) < 4.78 is 30.4. The van der Waals surface area contributed by atoms with Crippen LogP contribution in [0.5, 0.6) is 5.75 Å². The van der Waals surface area contributed by atoms with Crippen molar-refractivity contribution in [1.82, 2.24) is 10.6 Å². The van der Waals surface area contributed by atoms with Crippen LogP contribution in [0.15, 0.2) is 24.3 Å². The summed E-state index contributed by atoms with van der Waals surface area (Å²) >= 11 is 5.81. The summed E-state index contributed by atoms with van der Waals surface area (Å²) in [6.07, 6.45) is -1.74. The van der Waals surface area contributed by atoms with Gasteiger partial charge in [0.1, 0.15) is 5.75 Å². The number of hydrogen-bond donors (Lipinski definition) is 2. The van der Waals surface area contributed by atoms with Crippen LogP contribution in [0.1, 0.15) is 12.8 Å². The molecule has 116 valence electrons. The lowest BCUT2D eigenvalue weighted by Crippen LogP contribution is -2.57. The fourth-order valence-electron chi connectivity index (χ4n) is 2.27. The number of ether oxygens (including phenoxy) is 1. The summed E-state index contributed by atoms with van der Waals surface area (Å²) in [6, 6.07) is 6.63. The Bertz CT molecular complexity index is 476. The molecule has 2 rings (SSSR count). The van der Waals surface area contributed by atoms with E-state index in [1.807, 2.05) is 0 Å². The molecule has 0 bridgehead atoms. The Hall–Kier alpha value is -1.40. The molecule has 0 saturated carbocycles. The van der Waals surface area contributed by atoms with Gasteiger partial charge in [0.2, 0.25) is 0 Å². The maximum Gasteiger partial charge on any atom is 0.264 e. The maximum atomic E-state index is 12.3. The van der Waals surface area contributed by atoms with E-state index in [1.54, 1.807) is 24.3 Å². The van der Waals surface area contributed by atoms with E-state index in [9.17, 15) is 13.6 Å². The van der Waals surface area contributed by atoms with Crippen molar-refractivity contribution in [1.29, 1.82) is 0 Å². The number of halogens is 3. The molecule has 1 heterocycles. The van der Waals surface area contributed by atoms with E-state index < -0.39 is 24.5 Å². The molecule has 1 aliphatic heterocycles. The first kappa shape index (κ1) is 16.0. The number of hydrogen-bond acceptors (Lipinski definition) is 3. The van der Waals surface area contributed by atoms with Crippen molar-refractivity contribution in [2.75, 3.05) is 19.6 Å². The second kappa shape index (κ2) is 7.04. The van der Waals surface area contributed by atoms with Gasteiger partial charge < -0.3 is 15.4 Å². The number of carbonyl (C=O) groups is 1. The minimum Gasteiger partial charge on any atom is -0.477 e. The van der Waals surface area contributed by atoms with Gasteiger partial charge in [-0.3, -0.25) is 4.79 Å². The van der Waals surface area contributed by atoms with E-state index in [0.29, 0.717) is 36.7 Å². The molecule has 0 unspecified atom stereocenters. The second-order valence-corrected chi connectivity index (χ2v) is 5.34. The van der Waals surface area contributed by atoms with Gasteiger partial charge in [0.25, 0.3) is 12.3 Å². The first-order chi connectivity index (χ1) is 10.0. The Morgan fingerprint density at radius 2 is 1.95 bits per heavy atom. The molecule has 0 radical (unpaired) electrons. The highest BCUT2D eigenvalue weighted by atomic mass is 35.5. The minimum atomic E-state index is -2.58. The van der Waals surface area contributed by atoms with Crippen LogP contribution in [0, 0.1) is 0 Å². The standard InChI is InChI=1S/C14H17ClF2N2O2/c15-10-1-3-11(4-2-10)21-14(5-7-18-8-6-14)13(20)19-9-12(16)17/h1-4,12,18H,5-9H2,(H,19,20). The zero-order valence-corrected chi connectivity index (χ0v) is 12.1. The number of benzene rings is 1. The highest BCUT2D eigenvalue weighted by molar-refractivity contribution is 6.30. The Morgan fingerprint density at radius 1 is 1.33 bits per heavy atom. The molecule has 1 aliphatic rings. The third kappa shape index (κ3) is 4.28. The van der Waals surface area contributed by atoms with Crippen LogP contribution in [-0.4, -0.2) is 37.6 Å². The van der Waals surface area contributed by atoms with Crippen LogP contribution in [0.3, 0.4) is 0 Å².